The van der Waals surface area contributed by atoms with Crippen LogP contribution in [0.4, 0.5) is 0 Å². The molecule has 1 aromatic carbocycles. The molecule has 0 radical (unpaired) electrons. The fraction of sp³-hybridized carbons (Fsp3) is 0.400. The largest absolute Gasteiger partial charge is 0.343 e. The van der Waals surface area contributed by atoms with Crippen LogP contribution < -0.4 is 5.32 Å². The van der Waals surface area contributed by atoms with Crippen LogP contribution in [0.15, 0.2) is 30.3 Å². The van der Waals surface area contributed by atoms with E-state index in [-0.39, 0.29) is 24.3 Å². The highest BCUT2D eigenvalue weighted by molar-refractivity contribution is 5.96. The summed E-state index contributed by atoms with van der Waals surface area (Å²) < 4.78 is 0. The minimum Gasteiger partial charge on any atom is -0.343 e. The van der Waals surface area contributed by atoms with Gasteiger partial charge in [-0.05, 0) is 12.1 Å². The van der Waals surface area contributed by atoms with Gasteiger partial charge in [0.25, 0.3) is 5.91 Å². The average molecular weight is 289 g/mol. The van der Waals surface area contributed by atoms with E-state index in [9.17, 15) is 14.4 Å². The highest BCUT2D eigenvalue weighted by atomic mass is 16.2. The highest BCUT2D eigenvalue weighted by Gasteiger charge is 2.22. The Morgan fingerprint density at radius 2 is 1.57 bits per heavy atom. The second-order valence-electron chi connectivity index (χ2n) is 4.94. The van der Waals surface area contributed by atoms with Crippen molar-refractivity contribution in [1.82, 2.24) is 15.1 Å². The van der Waals surface area contributed by atoms with Gasteiger partial charge in [0.1, 0.15) is 0 Å². The van der Waals surface area contributed by atoms with Crippen molar-refractivity contribution in [2.45, 2.75) is 6.92 Å². The minimum atomic E-state index is -0.258. The zero-order valence-electron chi connectivity index (χ0n) is 12.0. The zero-order chi connectivity index (χ0) is 15.2. The number of piperazine rings is 1. The van der Waals surface area contributed by atoms with E-state index in [0.717, 1.165) is 0 Å². The summed E-state index contributed by atoms with van der Waals surface area (Å²) in [7, 11) is 0. The molecule has 3 amide bonds. The number of carbonyl (C=O) groups excluding carboxylic acids is 3. The van der Waals surface area contributed by atoms with Gasteiger partial charge >= 0.3 is 0 Å². The average Bonchev–Trinajstić information content (AvgIpc) is 2.53. The maximum atomic E-state index is 12.0. The summed E-state index contributed by atoms with van der Waals surface area (Å²) in [6, 6.07) is 8.78. The van der Waals surface area contributed by atoms with E-state index >= 15 is 0 Å². The van der Waals surface area contributed by atoms with Crippen LogP contribution in [0.2, 0.25) is 0 Å². The third kappa shape index (κ3) is 4.05. The van der Waals surface area contributed by atoms with Crippen LogP contribution in [-0.4, -0.2) is 60.2 Å². The zero-order valence-corrected chi connectivity index (χ0v) is 12.0. The number of rotatable bonds is 3. The van der Waals surface area contributed by atoms with Crippen molar-refractivity contribution in [3.05, 3.63) is 35.9 Å². The fourth-order valence-electron chi connectivity index (χ4n) is 2.23. The molecule has 0 saturated carbocycles. The molecule has 2 rings (SSSR count). The first kappa shape index (κ1) is 15.0. The molecule has 0 aromatic heterocycles. The molecule has 0 bridgehead atoms. The third-order valence-corrected chi connectivity index (χ3v) is 3.51. The van der Waals surface area contributed by atoms with Gasteiger partial charge in [0.05, 0.1) is 6.54 Å². The summed E-state index contributed by atoms with van der Waals surface area (Å²) in [4.78, 5) is 38.5. The van der Waals surface area contributed by atoms with Gasteiger partial charge in [-0.2, -0.15) is 0 Å². The van der Waals surface area contributed by atoms with Crippen molar-refractivity contribution in [1.29, 1.82) is 0 Å². The van der Waals surface area contributed by atoms with Crippen molar-refractivity contribution in [3.63, 3.8) is 0 Å². The summed E-state index contributed by atoms with van der Waals surface area (Å²) in [5.41, 5.74) is 0.534. The van der Waals surface area contributed by atoms with E-state index in [1.54, 1.807) is 34.1 Å². The van der Waals surface area contributed by atoms with E-state index in [1.165, 1.54) is 6.92 Å². The standard InChI is InChI=1S/C15H19N3O3/c1-12(19)17-7-9-18(10-8-17)14(20)11-16-15(21)13-5-3-2-4-6-13/h2-6H,7-11H2,1H3,(H,16,21). The Balaban J connectivity index is 1.78. The van der Waals surface area contributed by atoms with Crippen molar-refractivity contribution < 1.29 is 14.4 Å². The molecule has 1 aliphatic heterocycles. The Morgan fingerprint density at radius 3 is 2.14 bits per heavy atom. The van der Waals surface area contributed by atoms with E-state index in [0.29, 0.717) is 31.7 Å². The van der Waals surface area contributed by atoms with Crippen molar-refractivity contribution in [2.75, 3.05) is 32.7 Å². The molecule has 21 heavy (non-hydrogen) atoms. The number of benzene rings is 1. The van der Waals surface area contributed by atoms with E-state index in [2.05, 4.69) is 5.32 Å². The predicted molar refractivity (Wildman–Crippen MR) is 77.6 cm³/mol. The molecule has 0 spiro atoms. The molecule has 0 aliphatic carbocycles. The first-order chi connectivity index (χ1) is 10.1. The number of nitrogens with one attached hydrogen (secondary N) is 1. The second kappa shape index (κ2) is 6.88. The summed E-state index contributed by atoms with van der Waals surface area (Å²) in [5, 5.41) is 2.62. The van der Waals surface area contributed by atoms with Gasteiger partial charge in [-0.3, -0.25) is 14.4 Å². The quantitative estimate of drug-likeness (QED) is 0.858. The van der Waals surface area contributed by atoms with Gasteiger partial charge in [-0.1, -0.05) is 18.2 Å². The highest BCUT2D eigenvalue weighted by Crippen LogP contribution is 2.02. The topological polar surface area (TPSA) is 69.7 Å². The number of nitrogens with zero attached hydrogens (tertiary/aromatic N) is 2. The fourth-order valence-corrected chi connectivity index (χ4v) is 2.23. The van der Waals surface area contributed by atoms with Crippen LogP contribution in [0.3, 0.4) is 0 Å². The van der Waals surface area contributed by atoms with Gasteiger partial charge in [0.15, 0.2) is 0 Å². The third-order valence-electron chi connectivity index (χ3n) is 3.51. The number of carbonyl (C=O) groups is 3. The van der Waals surface area contributed by atoms with Gasteiger partial charge < -0.3 is 15.1 Å². The number of hydrogen-bond acceptors (Lipinski definition) is 3. The van der Waals surface area contributed by atoms with Crippen LogP contribution in [-0.2, 0) is 9.59 Å². The van der Waals surface area contributed by atoms with Crippen LogP contribution in [0.25, 0.3) is 0 Å². The van der Waals surface area contributed by atoms with Gasteiger partial charge in [0.2, 0.25) is 11.8 Å². The Bertz CT molecular complexity index is 522. The Labute approximate surface area is 123 Å². The van der Waals surface area contributed by atoms with E-state index < -0.39 is 0 Å². The van der Waals surface area contributed by atoms with Crippen LogP contribution in [0.1, 0.15) is 17.3 Å². The molecule has 1 fully saturated rings. The van der Waals surface area contributed by atoms with E-state index in [4.69, 9.17) is 0 Å². The molecule has 1 aliphatic rings. The van der Waals surface area contributed by atoms with Crippen LogP contribution >= 0.6 is 0 Å². The van der Waals surface area contributed by atoms with Gasteiger partial charge in [-0.15, -0.1) is 0 Å². The molecule has 1 heterocycles. The lowest BCUT2D eigenvalue weighted by Gasteiger charge is -2.34. The first-order valence-corrected chi connectivity index (χ1v) is 6.94. The van der Waals surface area contributed by atoms with E-state index in [1.807, 2.05) is 6.07 Å². The Kier molecular flexibility index (Phi) is 4.92. The second-order valence-corrected chi connectivity index (χ2v) is 4.94. The molecule has 1 aromatic rings. The van der Waals surface area contributed by atoms with Crippen molar-refractivity contribution >= 4 is 17.7 Å². The minimum absolute atomic E-state index is 0.0200. The summed E-state index contributed by atoms with van der Waals surface area (Å²) in [5.74, 6) is -0.353. The first-order valence-electron chi connectivity index (χ1n) is 6.94. The van der Waals surface area contributed by atoms with Crippen LogP contribution in [0.5, 0.6) is 0 Å². The van der Waals surface area contributed by atoms with Gasteiger partial charge in [0, 0.05) is 38.7 Å². The van der Waals surface area contributed by atoms with Crippen molar-refractivity contribution in [2.24, 2.45) is 0 Å². The summed E-state index contributed by atoms with van der Waals surface area (Å²) in [6.45, 7) is 3.63. The molecule has 6 heteroatoms. The summed E-state index contributed by atoms with van der Waals surface area (Å²) in [6.07, 6.45) is 0. The molecular weight excluding hydrogens is 270 g/mol. The Morgan fingerprint density at radius 1 is 1.00 bits per heavy atom. The molecule has 6 nitrogen and oxygen atoms in total. The Hall–Kier alpha value is -2.37. The van der Waals surface area contributed by atoms with Crippen LogP contribution in [0, 0.1) is 0 Å². The lowest BCUT2D eigenvalue weighted by molar-refractivity contribution is -0.137. The lowest BCUT2D eigenvalue weighted by Crippen LogP contribution is -2.52. The van der Waals surface area contributed by atoms with Crippen molar-refractivity contribution in [3.8, 4) is 0 Å². The molecule has 1 saturated heterocycles. The lowest BCUT2D eigenvalue weighted by atomic mass is 10.2. The number of amides is 3. The SMILES string of the molecule is CC(=O)N1CCN(C(=O)CNC(=O)c2ccccc2)CC1. The molecule has 0 unspecified atom stereocenters. The molecule has 1 N–H and O–H groups in total. The molecule has 0 atom stereocenters. The van der Waals surface area contributed by atoms with Gasteiger partial charge in [-0.25, -0.2) is 0 Å². The maximum absolute atomic E-state index is 12.0. The molecule has 112 valence electrons. The summed E-state index contributed by atoms with van der Waals surface area (Å²) >= 11 is 0. The normalized spacial score (nSPS) is 14.7. The number of hydrogen-bond donors (Lipinski definition) is 1. The molecular formula is C15H19N3O3. The maximum Gasteiger partial charge on any atom is 0.251 e. The smallest absolute Gasteiger partial charge is 0.251 e. The predicted octanol–water partition coefficient (Wildman–Crippen LogP) is 0.107. The monoisotopic (exact) mass is 289 g/mol.